The molecule has 0 aromatic heterocycles. The molecule has 29 heavy (non-hydrogen) atoms. The second-order valence-corrected chi connectivity index (χ2v) is 9.21. The lowest BCUT2D eigenvalue weighted by Crippen LogP contribution is -2.47. The number of rotatable bonds is 7. The van der Waals surface area contributed by atoms with Gasteiger partial charge in [-0.15, -0.1) is 0 Å². The van der Waals surface area contributed by atoms with E-state index in [1.165, 1.54) is 0 Å². The number of hydrogen-bond acceptors (Lipinski definition) is 4. The quantitative estimate of drug-likeness (QED) is 0.750. The van der Waals surface area contributed by atoms with Crippen LogP contribution in [0.1, 0.15) is 25.3 Å². The van der Waals surface area contributed by atoms with Gasteiger partial charge in [0.1, 0.15) is 0 Å². The molecule has 0 aliphatic carbocycles. The summed E-state index contributed by atoms with van der Waals surface area (Å²) in [5, 5.41) is 0. The Kier molecular flexibility index (Phi) is 6.92. The summed E-state index contributed by atoms with van der Waals surface area (Å²) < 4.78 is 31.7. The second kappa shape index (κ2) is 9.41. The van der Waals surface area contributed by atoms with Crippen LogP contribution in [0.2, 0.25) is 0 Å². The van der Waals surface area contributed by atoms with Crippen molar-refractivity contribution in [2.45, 2.75) is 38.3 Å². The number of likely N-dealkylation sites (tertiary alicyclic amines) is 1. The van der Waals surface area contributed by atoms with Gasteiger partial charge in [-0.05, 0) is 36.0 Å². The van der Waals surface area contributed by atoms with E-state index in [-0.39, 0.29) is 18.2 Å². The summed E-state index contributed by atoms with van der Waals surface area (Å²) in [6, 6.07) is 17.6. The first-order valence-corrected chi connectivity index (χ1v) is 11.8. The zero-order chi connectivity index (χ0) is 20.9. The third-order valence-corrected chi connectivity index (χ3v) is 5.79. The minimum atomic E-state index is -3.38. The van der Waals surface area contributed by atoms with E-state index in [9.17, 15) is 13.2 Å². The highest BCUT2D eigenvalue weighted by atomic mass is 32.2. The average Bonchev–Trinajstić information content (AvgIpc) is 3.07. The zero-order valence-corrected chi connectivity index (χ0v) is 17.7. The van der Waals surface area contributed by atoms with Gasteiger partial charge in [0.05, 0.1) is 18.9 Å². The van der Waals surface area contributed by atoms with Crippen molar-refractivity contribution in [1.29, 1.82) is 0 Å². The molecule has 0 saturated carbocycles. The number of benzene rings is 2. The van der Waals surface area contributed by atoms with E-state index >= 15 is 0 Å². The standard InChI is InChI=1S/C22H28N2O4S/c1-3-14-28-22(25)24-13-12-20(23-29(2,26)27)21(24)16-17-8-7-11-19(15-17)18-9-5-4-6-10-18/h4-11,15,20-21,23H,3,12-14,16H2,1-2H3/t20-,21-/m1/s1. The largest absolute Gasteiger partial charge is 0.449 e. The topological polar surface area (TPSA) is 75.7 Å². The van der Waals surface area contributed by atoms with Gasteiger partial charge in [-0.3, -0.25) is 0 Å². The lowest BCUT2D eigenvalue weighted by molar-refractivity contribution is 0.0964. The molecule has 1 amide bonds. The SMILES string of the molecule is CCCOC(=O)N1CC[C@@H](NS(C)(=O)=O)[C@H]1Cc1cccc(-c2ccccc2)c1. The fourth-order valence-corrected chi connectivity index (χ4v) is 4.59. The Balaban J connectivity index is 1.84. The van der Waals surface area contributed by atoms with E-state index in [1.807, 2.05) is 43.3 Å². The Morgan fingerprint density at radius 2 is 1.86 bits per heavy atom. The van der Waals surface area contributed by atoms with Crippen LogP contribution >= 0.6 is 0 Å². The second-order valence-electron chi connectivity index (χ2n) is 7.43. The number of nitrogens with one attached hydrogen (secondary N) is 1. The number of ether oxygens (including phenoxy) is 1. The van der Waals surface area contributed by atoms with Crippen LogP contribution in [0.15, 0.2) is 54.6 Å². The molecule has 156 valence electrons. The number of nitrogens with zero attached hydrogens (tertiary/aromatic N) is 1. The van der Waals surface area contributed by atoms with Crippen molar-refractivity contribution in [2.75, 3.05) is 19.4 Å². The van der Waals surface area contributed by atoms with Gasteiger partial charge in [0, 0.05) is 12.6 Å². The molecule has 0 bridgehead atoms. The first-order valence-electron chi connectivity index (χ1n) is 9.92. The summed E-state index contributed by atoms with van der Waals surface area (Å²) in [6.07, 6.45) is 2.63. The van der Waals surface area contributed by atoms with E-state index in [0.717, 1.165) is 29.4 Å². The predicted octanol–water partition coefficient (Wildman–Crippen LogP) is 3.43. The van der Waals surface area contributed by atoms with Crippen molar-refractivity contribution in [3.8, 4) is 11.1 Å². The fourth-order valence-electron chi connectivity index (χ4n) is 3.77. The molecule has 2 atom stereocenters. The van der Waals surface area contributed by atoms with Gasteiger partial charge in [0.15, 0.2) is 0 Å². The number of sulfonamides is 1. The van der Waals surface area contributed by atoms with Crippen LogP contribution in [-0.2, 0) is 21.2 Å². The third-order valence-electron chi connectivity index (χ3n) is 5.05. The number of hydrogen-bond donors (Lipinski definition) is 1. The Bertz CT molecular complexity index is 931. The van der Waals surface area contributed by atoms with Crippen molar-refractivity contribution in [1.82, 2.24) is 9.62 Å². The van der Waals surface area contributed by atoms with Crippen molar-refractivity contribution >= 4 is 16.1 Å². The summed E-state index contributed by atoms with van der Waals surface area (Å²) >= 11 is 0. The molecule has 0 unspecified atom stereocenters. The van der Waals surface area contributed by atoms with Gasteiger partial charge in [-0.2, -0.15) is 0 Å². The minimum absolute atomic E-state index is 0.292. The fraction of sp³-hybridized carbons (Fsp3) is 0.409. The minimum Gasteiger partial charge on any atom is -0.449 e. The molecule has 1 aliphatic heterocycles. The van der Waals surface area contributed by atoms with E-state index in [0.29, 0.717) is 26.0 Å². The Morgan fingerprint density at radius 3 is 2.55 bits per heavy atom. The maximum absolute atomic E-state index is 12.5. The van der Waals surface area contributed by atoms with Crippen LogP contribution in [0.4, 0.5) is 4.79 Å². The highest BCUT2D eigenvalue weighted by molar-refractivity contribution is 7.88. The van der Waals surface area contributed by atoms with Gasteiger partial charge in [-0.25, -0.2) is 17.9 Å². The van der Waals surface area contributed by atoms with Crippen molar-refractivity contribution < 1.29 is 17.9 Å². The van der Waals surface area contributed by atoms with Crippen molar-refractivity contribution in [3.05, 3.63) is 60.2 Å². The smallest absolute Gasteiger partial charge is 0.410 e. The predicted molar refractivity (Wildman–Crippen MR) is 114 cm³/mol. The highest BCUT2D eigenvalue weighted by Gasteiger charge is 2.39. The number of carbonyl (C=O) groups is 1. The van der Waals surface area contributed by atoms with Crippen LogP contribution in [0.3, 0.4) is 0 Å². The van der Waals surface area contributed by atoms with Crippen LogP contribution in [0.5, 0.6) is 0 Å². The van der Waals surface area contributed by atoms with Gasteiger partial charge in [-0.1, -0.05) is 61.5 Å². The normalized spacial score (nSPS) is 19.3. The number of carbonyl (C=O) groups excluding carboxylic acids is 1. The van der Waals surface area contributed by atoms with Crippen LogP contribution in [-0.4, -0.2) is 50.9 Å². The molecule has 0 radical (unpaired) electrons. The Labute approximate surface area is 172 Å². The Morgan fingerprint density at radius 1 is 1.14 bits per heavy atom. The molecule has 1 N–H and O–H groups in total. The summed E-state index contributed by atoms with van der Waals surface area (Å²) in [6.45, 7) is 2.77. The highest BCUT2D eigenvalue weighted by Crippen LogP contribution is 2.26. The first kappa shape index (κ1) is 21.3. The Hall–Kier alpha value is -2.38. The number of amides is 1. The zero-order valence-electron chi connectivity index (χ0n) is 16.9. The first-order chi connectivity index (χ1) is 13.9. The summed E-state index contributed by atoms with van der Waals surface area (Å²) in [5.41, 5.74) is 3.26. The van der Waals surface area contributed by atoms with Crippen LogP contribution in [0, 0.1) is 0 Å². The van der Waals surface area contributed by atoms with Gasteiger partial charge in [0.25, 0.3) is 0 Å². The van der Waals surface area contributed by atoms with E-state index in [2.05, 4.69) is 22.9 Å². The van der Waals surface area contributed by atoms with Gasteiger partial charge < -0.3 is 9.64 Å². The molecule has 0 spiro atoms. The molecule has 3 rings (SSSR count). The molecular formula is C22H28N2O4S. The lowest BCUT2D eigenvalue weighted by Gasteiger charge is -2.28. The molecular weight excluding hydrogens is 388 g/mol. The summed E-state index contributed by atoms with van der Waals surface area (Å²) in [7, 11) is -3.38. The van der Waals surface area contributed by atoms with Crippen LogP contribution in [0.25, 0.3) is 11.1 Å². The maximum Gasteiger partial charge on any atom is 0.410 e. The van der Waals surface area contributed by atoms with E-state index in [1.54, 1.807) is 4.90 Å². The van der Waals surface area contributed by atoms with Crippen molar-refractivity contribution in [3.63, 3.8) is 0 Å². The molecule has 2 aromatic rings. The maximum atomic E-state index is 12.5. The monoisotopic (exact) mass is 416 g/mol. The average molecular weight is 417 g/mol. The third kappa shape index (κ3) is 5.81. The van der Waals surface area contributed by atoms with Crippen LogP contribution < -0.4 is 4.72 Å². The summed E-state index contributed by atoms with van der Waals surface area (Å²) in [4.78, 5) is 14.2. The molecule has 7 heteroatoms. The molecule has 6 nitrogen and oxygen atoms in total. The van der Waals surface area contributed by atoms with E-state index in [4.69, 9.17) is 4.74 Å². The molecule has 2 aromatic carbocycles. The molecule has 1 aliphatic rings. The molecule has 1 fully saturated rings. The van der Waals surface area contributed by atoms with Gasteiger partial charge >= 0.3 is 6.09 Å². The summed E-state index contributed by atoms with van der Waals surface area (Å²) in [5.74, 6) is 0. The molecule has 1 heterocycles. The van der Waals surface area contributed by atoms with E-state index < -0.39 is 10.0 Å². The molecule has 1 saturated heterocycles. The lowest BCUT2D eigenvalue weighted by atomic mass is 9.97. The van der Waals surface area contributed by atoms with Crippen molar-refractivity contribution in [2.24, 2.45) is 0 Å². The van der Waals surface area contributed by atoms with Gasteiger partial charge in [0.2, 0.25) is 10.0 Å².